The Morgan fingerprint density at radius 1 is 1.24 bits per heavy atom. The third-order valence-electron chi connectivity index (χ3n) is 2.75. The van der Waals surface area contributed by atoms with Gasteiger partial charge < -0.3 is 10.5 Å². The number of nitrogens with two attached hydrogens (primary N) is 1. The molecule has 0 bridgehead atoms. The summed E-state index contributed by atoms with van der Waals surface area (Å²) >= 11 is 3.31. The standard InChI is InChI=1S/C14H11BrN2O4/c15-11-4-1-9(2-5-11)8-21-14(18)10-3-6-12(16)13(7-10)17(19)20/h1-7H,8,16H2. The van der Waals surface area contributed by atoms with Gasteiger partial charge in [-0.1, -0.05) is 28.1 Å². The van der Waals surface area contributed by atoms with Gasteiger partial charge in [0.15, 0.2) is 0 Å². The van der Waals surface area contributed by atoms with Crippen LogP contribution in [0, 0.1) is 10.1 Å². The van der Waals surface area contributed by atoms with Crippen LogP contribution in [0.3, 0.4) is 0 Å². The molecule has 0 aliphatic carbocycles. The van der Waals surface area contributed by atoms with Gasteiger partial charge in [-0.2, -0.15) is 0 Å². The van der Waals surface area contributed by atoms with E-state index in [2.05, 4.69) is 15.9 Å². The fraction of sp³-hybridized carbons (Fsp3) is 0.0714. The predicted molar refractivity (Wildman–Crippen MR) is 80.8 cm³/mol. The van der Waals surface area contributed by atoms with Crippen molar-refractivity contribution in [1.82, 2.24) is 0 Å². The van der Waals surface area contributed by atoms with Gasteiger partial charge in [0, 0.05) is 10.5 Å². The van der Waals surface area contributed by atoms with E-state index >= 15 is 0 Å². The minimum atomic E-state index is -0.638. The number of hydrogen-bond donors (Lipinski definition) is 1. The molecule has 0 radical (unpaired) electrons. The second-order valence-electron chi connectivity index (χ2n) is 4.23. The van der Waals surface area contributed by atoms with Crippen LogP contribution in [0.25, 0.3) is 0 Å². The number of hydrogen-bond acceptors (Lipinski definition) is 5. The number of ether oxygens (including phenoxy) is 1. The van der Waals surface area contributed by atoms with Gasteiger partial charge in [0.25, 0.3) is 5.69 Å². The zero-order chi connectivity index (χ0) is 15.4. The molecule has 2 aromatic carbocycles. The molecule has 0 saturated heterocycles. The van der Waals surface area contributed by atoms with Crippen LogP contribution in [0.4, 0.5) is 11.4 Å². The van der Waals surface area contributed by atoms with Gasteiger partial charge in [-0.15, -0.1) is 0 Å². The molecule has 21 heavy (non-hydrogen) atoms. The molecular formula is C14H11BrN2O4. The van der Waals surface area contributed by atoms with Crippen LogP contribution in [-0.4, -0.2) is 10.9 Å². The molecule has 0 aromatic heterocycles. The van der Waals surface area contributed by atoms with Crippen LogP contribution in [0.15, 0.2) is 46.9 Å². The maximum absolute atomic E-state index is 11.9. The van der Waals surface area contributed by atoms with Gasteiger partial charge in [0.05, 0.1) is 10.5 Å². The molecule has 0 saturated carbocycles. The smallest absolute Gasteiger partial charge is 0.338 e. The highest BCUT2D eigenvalue weighted by atomic mass is 79.9. The SMILES string of the molecule is Nc1ccc(C(=O)OCc2ccc(Br)cc2)cc1[N+](=O)[O-]. The summed E-state index contributed by atoms with van der Waals surface area (Å²) in [4.78, 5) is 22.0. The lowest BCUT2D eigenvalue weighted by Crippen LogP contribution is -2.06. The molecule has 0 aliphatic rings. The summed E-state index contributed by atoms with van der Waals surface area (Å²) in [5, 5.41) is 10.8. The molecule has 0 amide bonds. The van der Waals surface area contributed by atoms with Crippen molar-refractivity contribution in [2.24, 2.45) is 0 Å². The average Bonchev–Trinajstić information content (AvgIpc) is 2.46. The highest BCUT2D eigenvalue weighted by molar-refractivity contribution is 9.10. The Labute approximate surface area is 128 Å². The number of halogens is 1. The number of nitro benzene ring substituents is 1. The zero-order valence-electron chi connectivity index (χ0n) is 10.8. The first-order chi connectivity index (χ1) is 9.97. The molecule has 6 nitrogen and oxygen atoms in total. The average molecular weight is 351 g/mol. The molecule has 0 atom stereocenters. The zero-order valence-corrected chi connectivity index (χ0v) is 12.4. The minimum absolute atomic E-state index is 0.00413. The number of carbonyl (C=O) groups excluding carboxylic acids is 1. The lowest BCUT2D eigenvalue weighted by Gasteiger charge is -2.06. The second-order valence-corrected chi connectivity index (χ2v) is 5.15. The summed E-state index contributed by atoms with van der Waals surface area (Å²) in [7, 11) is 0. The summed E-state index contributed by atoms with van der Waals surface area (Å²) < 4.78 is 6.03. The van der Waals surface area contributed by atoms with E-state index in [4.69, 9.17) is 10.5 Å². The van der Waals surface area contributed by atoms with Crippen molar-refractivity contribution in [3.05, 3.63) is 68.2 Å². The van der Waals surface area contributed by atoms with E-state index in [0.717, 1.165) is 16.1 Å². The summed E-state index contributed by atoms with van der Waals surface area (Å²) in [6.07, 6.45) is 0. The topological polar surface area (TPSA) is 95.5 Å². The fourth-order valence-corrected chi connectivity index (χ4v) is 1.91. The Balaban J connectivity index is 2.08. The third-order valence-corrected chi connectivity index (χ3v) is 3.27. The second kappa shape index (κ2) is 6.36. The number of esters is 1. The molecule has 2 N–H and O–H groups in total. The fourth-order valence-electron chi connectivity index (χ4n) is 1.64. The molecule has 0 heterocycles. The minimum Gasteiger partial charge on any atom is -0.457 e. The van der Waals surface area contributed by atoms with Gasteiger partial charge in [-0.25, -0.2) is 4.79 Å². The number of anilines is 1. The Morgan fingerprint density at radius 2 is 1.90 bits per heavy atom. The Kier molecular flexibility index (Phi) is 4.54. The lowest BCUT2D eigenvalue weighted by molar-refractivity contribution is -0.383. The van der Waals surface area contributed by atoms with Crippen molar-refractivity contribution >= 4 is 33.3 Å². The summed E-state index contributed by atoms with van der Waals surface area (Å²) in [5.74, 6) is -0.638. The van der Waals surface area contributed by atoms with Crippen molar-refractivity contribution in [2.75, 3.05) is 5.73 Å². The molecule has 108 valence electrons. The van der Waals surface area contributed by atoms with Crippen molar-refractivity contribution in [2.45, 2.75) is 6.61 Å². The highest BCUT2D eigenvalue weighted by Crippen LogP contribution is 2.23. The number of nitrogen functional groups attached to an aromatic ring is 1. The van der Waals surface area contributed by atoms with Gasteiger partial charge in [0.1, 0.15) is 12.3 Å². The van der Waals surface area contributed by atoms with Crippen molar-refractivity contribution in [3.8, 4) is 0 Å². The van der Waals surface area contributed by atoms with Crippen LogP contribution in [-0.2, 0) is 11.3 Å². The molecule has 0 fully saturated rings. The molecular weight excluding hydrogens is 340 g/mol. The van der Waals surface area contributed by atoms with E-state index in [1.807, 2.05) is 24.3 Å². The predicted octanol–water partition coefficient (Wildman–Crippen LogP) is 3.30. The summed E-state index contributed by atoms with van der Waals surface area (Å²) in [6.45, 7) is 0.0876. The van der Waals surface area contributed by atoms with Crippen molar-refractivity contribution in [3.63, 3.8) is 0 Å². The van der Waals surface area contributed by atoms with Crippen LogP contribution in [0.1, 0.15) is 15.9 Å². The van der Waals surface area contributed by atoms with Crippen LogP contribution in [0.2, 0.25) is 0 Å². The van der Waals surface area contributed by atoms with Crippen LogP contribution < -0.4 is 5.73 Å². The largest absolute Gasteiger partial charge is 0.457 e. The number of benzene rings is 2. The molecule has 2 aromatic rings. The van der Waals surface area contributed by atoms with E-state index in [9.17, 15) is 14.9 Å². The van der Waals surface area contributed by atoms with E-state index in [-0.39, 0.29) is 23.5 Å². The third kappa shape index (κ3) is 3.79. The van der Waals surface area contributed by atoms with E-state index in [1.54, 1.807) is 0 Å². The molecule has 2 rings (SSSR count). The van der Waals surface area contributed by atoms with Crippen LogP contribution >= 0.6 is 15.9 Å². The van der Waals surface area contributed by atoms with Crippen LogP contribution in [0.5, 0.6) is 0 Å². The van der Waals surface area contributed by atoms with Crippen molar-refractivity contribution in [1.29, 1.82) is 0 Å². The quantitative estimate of drug-likeness (QED) is 0.395. The number of rotatable bonds is 4. The lowest BCUT2D eigenvalue weighted by atomic mass is 10.2. The first-order valence-corrected chi connectivity index (χ1v) is 6.72. The van der Waals surface area contributed by atoms with Gasteiger partial charge in [-0.05, 0) is 29.8 Å². The summed E-state index contributed by atoms with van der Waals surface area (Å²) in [5.41, 5.74) is 6.07. The Hall–Kier alpha value is -2.41. The van der Waals surface area contributed by atoms with Gasteiger partial charge >= 0.3 is 5.97 Å². The van der Waals surface area contributed by atoms with Gasteiger partial charge in [-0.3, -0.25) is 10.1 Å². The molecule has 0 aliphatic heterocycles. The van der Waals surface area contributed by atoms with E-state index < -0.39 is 10.9 Å². The maximum Gasteiger partial charge on any atom is 0.338 e. The normalized spacial score (nSPS) is 10.1. The first kappa shape index (κ1) is 15.0. The Morgan fingerprint density at radius 3 is 2.52 bits per heavy atom. The number of nitro groups is 1. The number of nitrogens with zero attached hydrogens (tertiary/aromatic N) is 1. The van der Waals surface area contributed by atoms with E-state index in [0.29, 0.717) is 0 Å². The van der Waals surface area contributed by atoms with Crippen molar-refractivity contribution < 1.29 is 14.5 Å². The first-order valence-electron chi connectivity index (χ1n) is 5.93. The molecule has 0 unspecified atom stereocenters. The maximum atomic E-state index is 11.9. The number of carbonyl (C=O) groups is 1. The summed E-state index contributed by atoms with van der Waals surface area (Å²) in [6, 6.07) is 11.1. The molecule has 0 spiro atoms. The highest BCUT2D eigenvalue weighted by Gasteiger charge is 2.16. The Bertz CT molecular complexity index is 686. The van der Waals surface area contributed by atoms with Gasteiger partial charge in [0.2, 0.25) is 0 Å². The monoisotopic (exact) mass is 350 g/mol. The van der Waals surface area contributed by atoms with E-state index in [1.165, 1.54) is 12.1 Å². The molecule has 7 heteroatoms.